The topological polar surface area (TPSA) is 28.1 Å². The van der Waals surface area contributed by atoms with Crippen molar-refractivity contribution in [1.29, 1.82) is 0 Å². The Kier molecular flexibility index (Phi) is 7.22. The summed E-state index contributed by atoms with van der Waals surface area (Å²) in [5, 5.41) is 6.95. The van der Waals surface area contributed by atoms with Crippen LogP contribution in [0.5, 0.6) is 0 Å². The number of benzene rings is 3. The molecule has 169 valence electrons. The van der Waals surface area contributed by atoms with Crippen molar-refractivity contribution in [1.82, 2.24) is 4.90 Å². The van der Waals surface area contributed by atoms with Gasteiger partial charge in [-0.05, 0) is 43.0 Å². The molecule has 1 saturated heterocycles. The minimum absolute atomic E-state index is 0.0251. The van der Waals surface area contributed by atoms with Gasteiger partial charge in [-0.1, -0.05) is 78.4 Å². The van der Waals surface area contributed by atoms with Gasteiger partial charge in [0.25, 0.3) is 0 Å². The molecule has 3 aromatic carbocycles. The quantitative estimate of drug-likeness (QED) is 0.312. The Balaban J connectivity index is 0.00000119. The summed E-state index contributed by atoms with van der Waals surface area (Å²) in [5.74, 6) is 0.940. The fourth-order valence-corrected chi connectivity index (χ4v) is 4.67. The van der Waals surface area contributed by atoms with E-state index in [1.165, 1.54) is 27.8 Å². The molecule has 0 bridgehead atoms. The molecule has 0 spiro atoms. The van der Waals surface area contributed by atoms with Crippen molar-refractivity contribution in [3.63, 3.8) is 0 Å². The molecule has 32 heavy (non-hydrogen) atoms. The van der Waals surface area contributed by atoms with Crippen molar-refractivity contribution in [2.24, 2.45) is 5.10 Å². The van der Waals surface area contributed by atoms with Crippen molar-refractivity contribution in [2.75, 3.05) is 11.6 Å². The summed E-state index contributed by atoms with van der Waals surface area (Å²) in [4.78, 5) is 2.29. The van der Waals surface area contributed by atoms with Gasteiger partial charge in [-0.25, -0.2) is 0 Å². The molecule has 0 amide bonds. The number of nitrogens with zero attached hydrogens (tertiary/aromatic N) is 3. The number of fused-ring (bicyclic) bond motifs is 1. The number of hydrazone groups is 1. The van der Waals surface area contributed by atoms with E-state index in [2.05, 4.69) is 124 Å². The molecule has 0 aliphatic carbocycles. The third-order valence-corrected chi connectivity index (χ3v) is 5.87. The predicted octanol–water partition coefficient (Wildman–Crippen LogP) is 6.37. The van der Waals surface area contributed by atoms with E-state index in [0.29, 0.717) is 6.61 Å². The first-order valence-electron chi connectivity index (χ1n) is 10.5. The number of halogens is 1. The van der Waals surface area contributed by atoms with E-state index in [9.17, 15) is 0 Å². The molecule has 4 nitrogen and oxygen atoms in total. The second-order valence-electron chi connectivity index (χ2n) is 8.13. The molecule has 2 aliphatic rings. The second kappa shape index (κ2) is 10.1. The first kappa shape index (κ1) is 22.9. The van der Waals surface area contributed by atoms with Crippen LogP contribution in [0.25, 0.3) is 0 Å². The first-order valence-corrected chi connectivity index (χ1v) is 11.8. The van der Waals surface area contributed by atoms with Crippen LogP contribution in [0.15, 0.2) is 77.9 Å². The zero-order valence-electron chi connectivity index (χ0n) is 18.3. The third-order valence-electron chi connectivity index (χ3n) is 5.87. The Morgan fingerprint density at radius 1 is 0.906 bits per heavy atom. The van der Waals surface area contributed by atoms with Crippen LogP contribution in [0, 0.1) is 27.4 Å². The first-order chi connectivity index (χ1) is 15.6. The zero-order chi connectivity index (χ0) is 22.7. The van der Waals surface area contributed by atoms with Gasteiger partial charge in [0.05, 0.1) is 6.04 Å². The maximum atomic E-state index is 6.39. The molecule has 2 aliphatic heterocycles. The fraction of sp³-hybridized carbons (Fsp3) is 0.231. The van der Waals surface area contributed by atoms with E-state index >= 15 is 0 Å². The molecule has 3 aromatic rings. The Hall–Kier alpha value is -2.30. The summed E-state index contributed by atoms with van der Waals surface area (Å²) in [6, 6.07) is 25.5. The van der Waals surface area contributed by atoms with Crippen LogP contribution >= 0.6 is 10.1 Å². The average Bonchev–Trinajstić information content (AvgIpc) is 3.24. The van der Waals surface area contributed by atoms with Gasteiger partial charge in [-0.2, -0.15) is 5.10 Å². The van der Waals surface area contributed by atoms with Crippen LogP contribution in [0.1, 0.15) is 40.0 Å². The Morgan fingerprint density at radius 3 is 2.06 bits per heavy atom. The maximum absolute atomic E-state index is 6.39. The number of morpholine rings is 1. The Morgan fingerprint density at radius 2 is 1.47 bits per heavy atom. The predicted molar refractivity (Wildman–Crippen MR) is 127 cm³/mol. The van der Waals surface area contributed by atoms with Gasteiger partial charge in [-0.3, -0.25) is 0 Å². The number of ether oxygens (including phenoxy) is 1. The number of rotatable bonds is 3. The van der Waals surface area contributed by atoms with Crippen LogP contribution in [0.4, 0.5) is 5.69 Å². The average molecular weight is 496 g/mol. The SMILES string of the molecule is Cc1cc(C)c(N2[CH-]N3C(=N2)CO[C@@H](c2ccccc2)[C@H]3c2ccccc2)c(C)c1.[Cl][Cu+]. The molecule has 6 heteroatoms. The van der Waals surface area contributed by atoms with Crippen molar-refractivity contribution in [3.05, 3.63) is 107 Å². The molecule has 1 fully saturated rings. The number of hydrogen-bond donors (Lipinski definition) is 0. The summed E-state index contributed by atoms with van der Waals surface area (Å²) in [5.41, 5.74) is 7.27. The van der Waals surface area contributed by atoms with E-state index < -0.39 is 0 Å². The van der Waals surface area contributed by atoms with Crippen LogP contribution in [0.3, 0.4) is 0 Å². The van der Waals surface area contributed by atoms with Crippen molar-refractivity contribution >= 4 is 21.6 Å². The molecule has 5 rings (SSSR count). The summed E-state index contributed by atoms with van der Waals surface area (Å²) in [6.07, 6.45) is -0.0658. The van der Waals surface area contributed by atoms with E-state index in [0.717, 1.165) is 11.5 Å². The molecular weight excluding hydrogens is 469 g/mol. The monoisotopic (exact) mass is 494 g/mol. The molecular formula is C26H26ClCuN3O. The number of amidine groups is 1. The molecule has 0 saturated carbocycles. The summed E-state index contributed by atoms with van der Waals surface area (Å²) in [6.45, 7) is 9.06. The van der Waals surface area contributed by atoms with Gasteiger partial charge >= 0.3 is 25.2 Å². The molecule has 0 radical (unpaired) electrons. The standard InChI is InChI=1S/C26H26N3O.ClH.Cu/c1-18-14-19(2)24(20(3)15-18)29-17-28-23(27-29)16-30-26(22-12-8-5-9-13-22)25(28)21-10-6-4-7-11-21;;/h4-15,17,25-26H,16H2,1-3H3;1H;/q-1;;+2/p-1/t25-,26+;;/m1../s1. The minimum atomic E-state index is -0.0658. The van der Waals surface area contributed by atoms with E-state index in [-0.39, 0.29) is 12.1 Å². The normalized spacial score (nSPS) is 19.8. The second-order valence-corrected chi connectivity index (χ2v) is 8.13. The van der Waals surface area contributed by atoms with Crippen LogP contribution in [0.2, 0.25) is 0 Å². The van der Waals surface area contributed by atoms with E-state index in [4.69, 9.17) is 9.84 Å². The van der Waals surface area contributed by atoms with Gasteiger partial charge in [0, 0.05) is 5.69 Å². The molecule has 0 N–H and O–H groups in total. The molecule has 2 heterocycles. The number of anilines is 1. The van der Waals surface area contributed by atoms with Gasteiger partial charge in [0.1, 0.15) is 18.5 Å². The number of aryl methyl sites for hydroxylation is 3. The van der Waals surface area contributed by atoms with Crippen LogP contribution in [-0.4, -0.2) is 17.3 Å². The van der Waals surface area contributed by atoms with E-state index in [1.54, 1.807) is 0 Å². The van der Waals surface area contributed by atoms with Gasteiger partial charge in [0.15, 0.2) is 0 Å². The Labute approximate surface area is 202 Å². The van der Waals surface area contributed by atoms with Crippen molar-refractivity contribution < 1.29 is 19.8 Å². The molecule has 0 unspecified atom stereocenters. The summed E-state index contributed by atoms with van der Waals surface area (Å²) >= 11 is 3.66. The van der Waals surface area contributed by atoms with Gasteiger partial charge < -0.3 is 14.6 Å². The third kappa shape index (κ3) is 4.44. The van der Waals surface area contributed by atoms with Gasteiger partial charge in [-0.15, -0.1) is 6.67 Å². The number of hydrogen-bond acceptors (Lipinski definition) is 4. The van der Waals surface area contributed by atoms with Gasteiger partial charge in [0.2, 0.25) is 0 Å². The van der Waals surface area contributed by atoms with E-state index in [1.807, 2.05) is 11.1 Å². The van der Waals surface area contributed by atoms with Crippen LogP contribution in [-0.2, 0) is 19.8 Å². The van der Waals surface area contributed by atoms with Crippen LogP contribution < -0.4 is 5.01 Å². The van der Waals surface area contributed by atoms with Crippen molar-refractivity contribution in [3.8, 4) is 0 Å². The summed E-state index contributed by atoms with van der Waals surface area (Å²) in [7, 11) is 4.20. The molecule has 0 aromatic heterocycles. The Bertz CT molecular complexity index is 1070. The summed E-state index contributed by atoms with van der Waals surface area (Å²) < 4.78 is 6.39. The fourth-order valence-electron chi connectivity index (χ4n) is 4.67. The van der Waals surface area contributed by atoms with Crippen molar-refractivity contribution in [2.45, 2.75) is 32.9 Å². The zero-order valence-corrected chi connectivity index (χ0v) is 20.0. The molecule has 2 atom stereocenters.